The Morgan fingerprint density at radius 2 is 2.20 bits per heavy atom. The zero-order chi connectivity index (χ0) is 14.3. The molecule has 1 aromatic rings. The standard InChI is InChI=1S/C16H24N2OS/c1-4-13-16(19)18(11(3)12-6-5-7-12)15(17-13)14-9-8-10(2)20-14/h8-9,11-13,15,17H,4-7H2,1-3H3. The van der Waals surface area contributed by atoms with Gasteiger partial charge in [-0.25, -0.2) is 0 Å². The van der Waals surface area contributed by atoms with E-state index in [0.29, 0.717) is 17.9 Å². The Kier molecular flexibility index (Phi) is 3.87. The van der Waals surface area contributed by atoms with Gasteiger partial charge in [-0.15, -0.1) is 11.3 Å². The summed E-state index contributed by atoms with van der Waals surface area (Å²) in [6.45, 7) is 6.45. The molecule has 1 aliphatic carbocycles. The van der Waals surface area contributed by atoms with Crippen LogP contribution in [0.2, 0.25) is 0 Å². The molecule has 3 unspecified atom stereocenters. The summed E-state index contributed by atoms with van der Waals surface area (Å²) in [6.07, 6.45) is 4.83. The van der Waals surface area contributed by atoms with Gasteiger partial charge in [0.25, 0.3) is 0 Å². The molecule has 2 fully saturated rings. The first kappa shape index (κ1) is 14.1. The Bertz CT molecular complexity index is 494. The first-order chi connectivity index (χ1) is 9.61. The molecule has 1 saturated heterocycles. The number of hydrogen-bond donors (Lipinski definition) is 1. The van der Waals surface area contributed by atoms with Crippen LogP contribution in [0.4, 0.5) is 0 Å². The Labute approximate surface area is 125 Å². The molecule has 4 heteroatoms. The molecule has 3 nitrogen and oxygen atoms in total. The average Bonchev–Trinajstić information content (AvgIpc) is 2.90. The van der Waals surface area contributed by atoms with E-state index in [2.05, 4.69) is 43.1 Å². The molecule has 0 radical (unpaired) electrons. The third-order valence-electron chi connectivity index (χ3n) is 4.90. The molecule has 3 atom stereocenters. The molecule has 0 spiro atoms. The van der Waals surface area contributed by atoms with E-state index in [1.165, 1.54) is 29.0 Å². The molecule has 0 bridgehead atoms. The van der Waals surface area contributed by atoms with Crippen molar-refractivity contribution in [2.75, 3.05) is 0 Å². The maximum atomic E-state index is 12.7. The Morgan fingerprint density at radius 3 is 2.70 bits per heavy atom. The fourth-order valence-corrected chi connectivity index (χ4v) is 4.28. The topological polar surface area (TPSA) is 32.3 Å². The molecule has 0 aromatic carbocycles. The molecule has 1 amide bonds. The van der Waals surface area contributed by atoms with E-state index in [-0.39, 0.29) is 12.2 Å². The smallest absolute Gasteiger partial charge is 0.241 e. The van der Waals surface area contributed by atoms with E-state index in [9.17, 15) is 4.79 Å². The van der Waals surface area contributed by atoms with Gasteiger partial charge in [0, 0.05) is 15.8 Å². The Balaban J connectivity index is 1.87. The van der Waals surface area contributed by atoms with E-state index in [1.54, 1.807) is 11.3 Å². The van der Waals surface area contributed by atoms with E-state index in [1.807, 2.05) is 0 Å². The minimum Gasteiger partial charge on any atom is -0.318 e. The number of thiophene rings is 1. The van der Waals surface area contributed by atoms with Crippen molar-refractivity contribution in [1.29, 1.82) is 0 Å². The van der Waals surface area contributed by atoms with E-state index in [4.69, 9.17) is 0 Å². The minimum absolute atomic E-state index is 0.00932. The molecule has 3 rings (SSSR count). The van der Waals surface area contributed by atoms with E-state index < -0.39 is 0 Å². The molecule has 1 N–H and O–H groups in total. The van der Waals surface area contributed by atoms with Crippen LogP contribution in [0.25, 0.3) is 0 Å². The number of hydrogen-bond acceptors (Lipinski definition) is 3. The van der Waals surface area contributed by atoms with Gasteiger partial charge in [-0.3, -0.25) is 10.1 Å². The van der Waals surface area contributed by atoms with Crippen molar-refractivity contribution in [3.8, 4) is 0 Å². The predicted octanol–water partition coefficient (Wildman–Crippen LogP) is 3.45. The SMILES string of the molecule is CCC1NC(c2ccc(C)s2)N(C(C)C2CCC2)C1=O. The number of nitrogens with one attached hydrogen (secondary N) is 1. The summed E-state index contributed by atoms with van der Waals surface area (Å²) < 4.78 is 0. The fraction of sp³-hybridized carbons (Fsp3) is 0.688. The highest BCUT2D eigenvalue weighted by atomic mass is 32.1. The minimum atomic E-state index is -0.00932. The molecule has 1 aromatic heterocycles. The van der Waals surface area contributed by atoms with Crippen molar-refractivity contribution < 1.29 is 4.79 Å². The second kappa shape index (κ2) is 5.49. The lowest BCUT2D eigenvalue weighted by Gasteiger charge is -2.39. The molecule has 2 aliphatic rings. The maximum absolute atomic E-state index is 12.7. The zero-order valence-corrected chi connectivity index (χ0v) is 13.4. The summed E-state index contributed by atoms with van der Waals surface area (Å²) in [5.41, 5.74) is 0. The highest BCUT2D eigenvalue weighted by Gasteiger charge is 2.44. The van der Waals surface area contributed by atoms with Gasteiger partial charge in [0.05, 0.1) is 6.04 Å². The maximum Gasteiger partial charge on any atom is 0.241 e. The van der Waals surface area contributed by atoms with Crippen LogP contribution in [0, 0.1) is 12.8 Å². The van der Waals surface area contributed by atoms with Crippen LogP contribution in [0.5, 0.6) is 0 Å². The van der Waals surface area contributed by atoms with Crippen LogP contribution >= 0.6 is 11.3 Å². The third kappa shape index (κ3) is 2.29. The number of nitrogens with zero attached hydrogens (tertiary/aromatic N) is 1. The highest BCUT2D eigenvalue weighted by molar-refractivity contribution is 7.12. The molecule has 1 aliphatic heterocycles. The van der Waals surface area contributed by atoms with E-state index >= 15 is 0 Å². The zero-order valence-electron chi connectivity index (χ0n) is 12.6. The van der Waals surface area contributed by atoms with Crippen LogP contribution in [0.15, 0.2) is 12.1 Å². The summed E-state index contributed by atoms with van der Waals surface area (Å²) in [6, 6.07) is 4.67. The van der Waals surface area contributed by atoms with Crippen molar-refractivity contribution in [1.82, 2.24) is 10.2 Å². The normalized spacial score (nSPS) is 28.8. The quantitative estimate of drug-likeness (QED) is 0.922. The third-order valence-corrected chi connectivity index (χ3v) is 5.95. The van der Waals surface area contributed by atoms with Crippen molar-refractivity contribution >= 4 is 17.2 Å². The number of aryl methyl sites for hydroxylation is 1. The second-order valence-corrected chi connectivity index (χ2v) is 7.48. The van der Waals surface area contributed by atoms with Crippen molar-refractivity contribution in [3.05, 3.63) is 21.9 Å². The summed E-state index contributed by atoms with van der Waals surface area (Å²) in [7, 11) is 0. The summed E-state index contributed by atoms with van der Waals surface area (Å²) in [5, 5.41) is 3.54. The van der Waals surface area contributed by atoms with Crippen LogP contribution in [-0.4, -0.2) is 22.9 Å². The summed E-state index contributed by atoms with van der Waals surface area (Å²) >= 11 is 1.80. The van der Waals surface area contributed by atoms with Gasteiger partial charge in [-0.05, 0) is 51.2 Å². The predicted molar refractivity (Wildman–Crippen MR) is 82.7 cm³/mol. The van der Waals surface area contributed by atoms with Crippen LogP contribution in [0.1, 0.15) is 55.5 Å². The van der Waals surface area contributed by atoms with Gasteiger partial charge in [0.1, 0.15) is 6.17 Å². The second-order valence-electron chi connectivity index (χ2n) is 6.16. The number of carbonyl (C=O) groups is 1. The van der Waals surface area contributed by atoms with Gasteiger partial charge in [-0.2, -0.15) is 0 Å². The summed E-state index contributed by atoms with van der Waals surface area (Å²) in [4.78, 5) is 17.4. The number of carbonyl (C=O) groups excluding carboxylic acids is 1. The average molecular weight is 292 g/mol. The Morgan fingerprint density at radius 1 is 1.45 bits per heavy atom. The first-order valence-electron chi connectivity index (χ1n) is 7.76. The molecule has 2 heterocycles. The van der Waals surface area contributed by atoms with Gasteiger partial charge in [0.2, 0.25) is 5.91 Å². The lowest BCUT2D eigenvalue weighted by molar-refractivity contribution is -0.133. The highest BCUT2D eigenvalue weighted by Crippen LogP contribution is 2.39. The Hall–Kier alpha value is -0.870. The molecule has 20 heavy (non-hydrogen) atoms. The van der Waals surface area contributed by atoms with Gasteiger partial charge >= 0.3 is 0 Å². The van der Waals surface area contributed by atoms with Crippen LogP contribution in [-0.2, 0) is 4.79 Å². The largest absolute Gasteiger partial charge is 0.318 e. The lowest BCUT2D eigenvalue weighted by Crippen LogP contribution is -2.44. The number of amides is 1. The lowest BCUT2D eigenvalue weighted by atomic mass is 9.79. The number of rotatable bonds is 4. The van der Waals surface area contributed by atoms with Crippen molar-refractivity contribution in [3.63, 3.8) is 0 Å². The molecular formula is C16H24N2OS. The van der Waals surface area contributed by atoms with Gasteiger partial charge < -0.3 is 4.90 Å². The molecular weight excluding hydrogens is 268 g/mol. The van der Waals surface area contributed by atoms with Crippen molar-refractivity contribution in [2.45, 2.75) is 64.7 Å². The van der Waals surface area contributed by atoms with Crippen LogP contribution in [0.3, 0.4) is 0 Å². The molecule has 110 valence electrons. The van der Waals surface area contributed by atoms with Gasteiger partial charge in [0.15, 0.2) is 0 Å². The fourth-order valence-electron chi connectivity index (χ4n) is 3.35. The van der Waals surface area contributed by atoms with Crippen LogP contribution < -0.4 is 5.32 Å². The van der Waals surface area contributed by atoms with E-state index in [0.717, 1.165) is 6.42 Å². The van der Waals surface area contributed by atoms with Gasteiger partial charge in [-0.1, -0.05) is 13.3 Å². The van der Waals surface area contributed by atoms with Crippen molar-refractivity contribution in [2.24, 2.45) is 5.92 Å². The molecule has 1 saturated carbocycles. The summed E-state index contributed by atoms with van der Waals surface area (Å²) in [5.74, 6) is 0.989. The monoisotopic (exact) mass is 292 g/mol. The first-order valence-corrected chi connectivity index (χ1v) is 8.58.